The Kier molecular flexibility index (Phi) is 5.54. The van der Waals surface area contributed by atoms with Gasteiger partial charge in [-0.15, -0.1) is 0 Å². The largest absolute Gasteiger partial charge is 0.423 e. The summed E-state index contributed by atoms with van der Waals surface area (Å²) in [5.74, 6) is 0. The summed E-state index contributed by atoms with van der Waals surface area (Å²) in [6, 6.07) is -0.572. The Morgan fingerprint density at radius 2 is 1.50 bits per heavy atom. The second kappa shape index (κ2) is 5.72. The highest BCUT2D eigenvalue weighted by molar-refractivity contribution is 4.76. The Balaban J connectivity index is 4.36. The Morgan fingerprint density at radius 3 is 1.81 bits per heavy atom. The molecule has 0 radical (unpaired) electrons. The first-order valence-electron chi connectivity index (χ1n) is 4.57. The molecular weight excluding hydrogens is 240 g/mol. The third kappa shape index (κ3) is 5.55. The van der Waals surface area contributed by atoms with Gasteiger partial charge >= 0.3 is 12.4 Å². The molecule has 0 amide bonds. The van der Waals surface area contributed by atoms with Crippen molar-refractivity contribution in [2.75, 3.05) is 13.2 Å². The average Bonchev–Trinajstić information content (AvgIpc) is 1.99. The predicted octanol–water partition coefficient (Wildman–Crippen LogP) is 2.49. The maximum absolute atomic E-state index is 12.0. The van der Waals surface area contributed by atoms with Crippen molar-refractivity contribution in [3.05, 3.63) is 0 Å². The average molecular weight is 253 g/mol. The van der Waals surface area contributed by atoms with Crippen molar-refractivity contribution in [2.45, 2.75) is 38.3 Å². The maximum atomic E-state index is 12.0. The molecule has 1 N–H and O–H groups in total. The van der Waals surface area contributed by atoms with E-state index in [-0.39, 0.29) is 0 Å². The molecule has 0 aliphatic rings. The molecule has 0 saturated heterocycles. The van der Waals surface area contributed by atoms with E-state index in [0.29, 0.717) is 6.54 Å². The minimum atomic E-state index is -5.44. The van der Waals surface area contributed by atoms with Gasteiger partial charge in [0.15, 0.2) is 0 Å². The lowest BCUT2D eigenvalue weighted by Gasteiger charge is -2.24. The van der Waals surface area contributed by atoms with Crippen LogP contribution in [-0.4, -0.2) is 37.7 Å². The van der Waals surface area contributed by atoms with Crippen molar-refractivity contribution in [1.29, 1.82) is 0 Å². The Morgan fingerprint density at radius 1 is 1.06 bits per heavy atom. The van der Waals surface area contributed by atoms with Gasteiger partial charge in [0.25, 0.3) is 0 Å². The highest BCUT2D eigenvalue weighted by atomic mass is 19.4. The van der Waals surface area contributed by atoms with E-state index in [1.165, 1.54) is 6.92 Å². The van der Waals surface area contributed by atoms with Crippen molar-refractivity contribution < 1.29 is 31.1 Å². The molecule has 8 heteroatoms. The molecule has 0 fully saturated rings. The summed E-state index contributed by atoms with van der Waals surface area (Å²) < 4.78 is 75.8. The van der Waals surface area contributed by atoms with Gasteiger partial charge in [-0.3, -0.25) is 0 Å². The van der Waals surface area contributed by atoms with Crippen LogP contribution in [0.15, 0.2) is 0 Å². The maximum Gasteiger partial charge on any atom is 0.423 e. The number of halogens is 6. The lowest BCUT2D eigenvalue weighted by atomic mass is 10.3. The monoisotopic (exact) mass is 253 g/mol. The molecule has 0 spiro atoms. The van der Waals surface area contributed by atoms with Crippen molar-refractivity contribution in [3.8, 4) is 0 Å². The number of ether oxygens (including phenoxy) is 1. The lowest BCUT2D eigenvalue weighted by Crippen LogP contribution is -2.46. The first kappa shape index (κ1) is 15.5. The third-order valence-corrected chi connectivity index (χ3v) is 1.66. The van der Waals surface area contributed by atoms with E-state index in [9.17, 15) is 26.3 Å². The molecule has 0 heterocycles. The molecule has 0 bridgehead atoms. The first-order valence-corrected chi connectivity index (χ1v) is 4.57. The SMILES string of the molecule is CCNC(C)COC(C(F)(F)F)C(F)(F)F. The van der Waals surface area contributed by atoms with Crippen LogP contribution in [0, 0.1) is 0 Å². The van der Waals surface area contributed by atoms with Gasteiger partial charge in [0, 0.05) is 6.04 Å². The summed E-state index contributed by atoms with van der Waals surface area (Å²) in [6.45, 7) is 2.90. The van der Waals surface area contributed by atoms with Crippen LogP contribution in [-0.2, 0) is 4.74 Å². The van der Waals surface area contributed by atoms with Crippen LogP contribution in [0.4, 0.5) is 26.3 Å². The predicted molar refractivity (Wildman–Crippen MR) is 45.0 cm³/mol. The molecule has 98 valence electrons. The van der Waals surface area contributed by atoms with Crippen LogP contribution < -0.4 is 5.32 Å². The Labute approximate surface area is 89.0 Å². The molecule has 2 nitrogen and oxygen atoms in total. The zero-order chi connectivity index (χ0) is 13.0. The number of likely N-dealkylation sites (N-methyl/N-ethyl adjacent to an activating group) is 1. The molecule has 0 aliphatic heterocycles. The fourth-order valence-electron chi connectivity index (χ4n) is 1.02. The number of rotatable bonds is 5. The van der Waals surface area contributed by atoms with Crippen LogP contribution in [0.3, 0.4) is 0 Å². The van der Waals surface area contributed by atoms with Gasteiger partial charge in [0.1, 0.15) is 0 Å². The van der Waals surface area contributed by atoms with Gasteiger partial charge < -0.3 is 10.1 Å². The molecule has 0 aromatic carbocycles. The molecule has 0 aromatic rings. The minimum Gasteiger partial charge on any atom is -0.359 e. The summed E-state index contributed by atoms with van der Waals surface area (Å²) in [5, 5.41) is 2.64. The fourth-order valence-corrected chi connectivity index (χ4v) is 1.02. The van der Waals surface area contributed by atoms with E-state index in [2.05, 4.69) is 10.1 Å². The molecule has 0 aliphatic carbocycles. The summed E-state index contributed by atoms with van der Waals surface area (Å²) in [5.41, 5.74) is 0. The molecule has 0 saturated carbocycles. The lowest BCUT2D eigenvalue weighted by molar-refractivity contribution is -0.322. The molecular formula is C8H13F6NO. The highest BCUT2D eigenvalue weighted by Gasteiger charge is 2.57. The standard InChI is InChI=1S/C8H13F6NO/c1-3-15-5(2)4-16-6(7(9,10)11)8(12,13)14/h5-6,15H,3-4H2,1-2H3. The summed E-state index contributed by atoms with van der Waals surface area (Å²) in [6.07, 6.45) is -14.6. The fraction of sp³-hybridized carbons (Fsp3) is 1.00. The van der Waals surface area contributed by atoms with E-state index >= 15 is 0 Å². The van der Waals surface area contributed by atoms with Crippen molar-refractivity contribution >= 4 is 0 Å². The highest BCUT2D eigenvalue weighted by Crippen LogP contribution is 2.35. The number of alkyl halides is 6. The Bertz CT molecular complexity index is 188. The normalized spacial score (nSPS) is 15.6. The second-order valence-corrected chi connectivity index (χ2v) is 3.26. The van der Waals surface area contributed by atoms with Gasteiger partial charge in [-0.1, -0.05) is 6.92 Å². The number of hydrogen-bond donors (Lipinski definition) is 1. The second-order valence-electron chi connectivity index (χ2n) is 3.26. The Hall–Kier alpha value is -0.500. The van der Waals surface area contributed by atoms with Crippen molar-refractivity contribution in [3.63, 3.8) is 0 Å². The molecule has 0 aromatic heterocycles. The van der Waals surface area contributed by atoms with Gasteiger partial charge in [0.05, 0.1) is 6.61 Å². The quantitative estimate of drug-likeness (QED) is 0.760. The van der Waals surface area contributed by atoms with Crippen LogP contribution in [0.25, 0.3) is 0 Å². The van der Waals surface area contributed by atoms with Gasteiger partial charge in [0.2, 0.25) is 6.10 Å². The van der Waals surface area contributed by atoms with Crippen molar-refractivity contribution in [1.82, 2.24) is 5.32 Å². The zero-order valence-corrected chi connectivity index (χ0v) is 8.74. The van der Waals surface area contributed by atoms with Crippen molar-refractivity contribution in [2.24, 2.45) is 0 Å². The smallest absolute Gasteiger partial charge is 0.359 e. The molecule has 1 unspecified atom stereocenters. The van der Waals surface area contributed by atoms with Crippen LogP contribution >= 0.6 is 0 Å². The summed E-state index contributed by atoms with van der Waals surface area (Å²) in [4.78, 5) is 0. The molecule has 0 rings (SSSR count). The van der Waals surface area contributed by atoms with E-state index in [1.54, 1.807) is 6.92 Å². The summed E-state index contributed by atoms with van der Waals surface area (Å²) >= 11 is 0. The van der Waals surface area contributed by atoms with Gasteiger partial charge in [-0.2, -0.15) is 26.3 Å². The molecule has 1 atom stereocenters. The number of nitrogens with one attached hydrogen (secondary N) is 1. The van der Waals surface area contributed by atoms with Crippen LogP contribution in [0.2, 0.25) is 0 Å². The first-order chi connectivity index (χ1) is 7.09. The van der Waals surface area contributed by atoms with E-state index < -0.39 is 31.1 Å². The minimum absolute atomic E-state index is 0.438. The molecule has 16 heavy (non-hydrogen) atoms. The summed E-state index contributed by atoms with van der Waals surface area (Å²) in [7, 11) is 0. The third-order valence-electron chi connectivity index (χ3n) is 1.66. The zero-order valence-electron chi connectivity index (χ0n) is 8.74. The van der Waals surface area contributed by atoms with E-state index in [1.807, 2.05) is 0 Å². The number of hydrogen-bond acceptors (Lipinski definition) is 2. The van der Waals surface area contributed by atoms with E-state index in [4.69, 9.17) is 0 Å². The van der Waals surface area contributed by atoms with Crippen LogP contribution in [0.1, 0.15) is 13.8 Å². The van der Waals surface area contributed by atoms with E-state index in [0.717, 1.165) is 0 Å². The van der Waals surface area contributed by atoms with Gasteiger partial charge in [-0.25, -0.2) is 0 Å². The van der Waals surface area contributed by atoms with Crippen LogP contribution in [0.5, 0.6) is 0 Å². The van der Waals surface area contributed by atoms with Gasteiger partial charge in [-0.05, 0) is 13.5 Å². The topological polar surface area (TPSA) is 21.3 Å².